The fourth-order valence-electron chi connectivity index (χ4n) is 2.46. The van der Waals surface area contributed by atoms with Crippen LogP contribution in [0.25, 0.3) is 0 Å². The van der Waals surface area contributed by atoms with E-state index in [4.69, 9.17) is 11.6 Å². The summed E-state index contributed by atoms with van der Waals surface area (Å²) in [6.45, 7) is 0. The van der Waals surface area contributed by atoms with Crippen LogP contribution in [0.1, 0.15) is 12.0 Å². The summed E-state index contributed by atoms with van der Waals surface area (Å²) < 4.78 is 39.2. The lowest BCUT2D eigenvalue weighted by molar-refractivity contribution is -0.137. The molecule has 1 atom stereocenters. The van der Waals surface area contributed by atoms with Crippen molar-refractivity contribution in [2.75, 3.05) is 5.32 Å². The van der Waals surface area contributed by atoms with Crippen molar-refractivity contribution in [1.29, 1.82) is 0 Å². The quantitative estimate of drug-likeness (QED) is 0.748. The molecule has 1 aliphatic rings. The normalized spacial score (nSPS) is 18.2. The Morgan fingerprint density at radius 3 is 2.68 bits per heavy atom. The first-order valence-electron chi connectivity index (χ1n) is 8.00. The highest BCUT2D eigenvalue weighted by Crippen LogP contribution is 2.37. The van der Waals surface area contributed by atoms with Gasteiger partial charge in [-0.3, -0.25) is 9.59 Å². The second-order valence-corrected chi connectivity index (χ2v) is 7.42. The number of thioether (sulfide) groups is 1. The van der Waals surface area contributed by atoms with Gasteiger partial charge in [-0.15, -0.1) is 0 Å². The maximum Gasteiger partial charge on any atom is 0.418 e. The Bertz CT molecular complexity index is 950. The molecule has 2 amide bonds. The van der Waals surface area contributed by atoms with Gasteiger partial charge in [0, 0.05) is 17.1 Å². The molecule has 0 aromatic heterocycles. The largest absolute Gasteiger partial charge is 0.418 e. The average Bonchev–Trinajstić information content (AvgIpc) is 2.93. The summed E-state index contributed by atoms with van der Waals surface area (Å²) >= 11 is 6.76. The first-order valence-corrected chi connectivity index (χ1v) is 9.26. The number of halogens is 4. The van der Waals surface area contributed by atoms with Gasteiger partial charge < -0.3 is 10.6 Å². The number of carbonyl (C=O) groups is 2. The van der Waals surface area contributed by atoms with E-state index in [9.17, 15) is 22.8 Å². The van der Waals surface area contributed by atoms with E-state index in [0.29, 0.717) is 10.7 Å². The van der Waals surface area contributed by atoms with Gasteiger partial charge in [0.1, 0.15) is 5.25 Å². The van der Waals surface area contributed by atoms with Crippen molar-refractivity contribution in [1.82, 2.24) is 5.32 Å². The topological polar surface area (TPSA) is 70.6 Å². The van der Waals surface area contributed by atoms with Gasteiger partial charge in [-0.2, -0.15) is 13.2 Å². The number of nitrogens with one attached hydrogen (secondary N) is 2. The Balaban J connectivity index is 1.69. The predicted octanol–water partition coefficient (Wildman–Crippen LogP) is 4.61. The minimum Gasteiger partial charge on any atom is -0.326 e. The van der Waals surface area contributed by atoms with Gasteiger partial charge in [-0.05, 0) is 30.3 Å². The van der Waals surface area contributed by atoms with Crippen LogP contribution in [0.4, 0.5) is 24.5 Å². The van der Waals surface area contributed by atoms with Gasteiger partial charge >= 0.3 is 6.18 Å². The Labute approximate surface area is 167 Å². The van der Waals surface area contributed by atoms with E-state index in [1.807, 2.05) is 0 Å². The number of anilines is 1. The first kappa shape index (κ1) is 20.2. The van der Waals surface area contributed by atoms with Crippen LogP contribution in [0.3, 0.4) is 0 Å². The predicted molar refractivity (Wildman–Crippen MR) is 103 cm³/mol. The Morgan fingerprint density at radius 2 is 1.96 bits per heavy atom. The Kier molecular flexibility index (Phi) is 5.95. The molecule has 10 heteroatoms. The Hall–Kier alpha value is -2.52. The van der Waals surface area contributed by atoms with E-state index < -0.39 is 28.8 Å². The molecule has 5 nitrogen and oxygen atoms in total. The van der Waals surface area contributed by atoms with Gasteiger partial charge in [0.2, 0.25) is 11.8 Å². The molecule has 2 aromatic carbocycles. The third-order valence-corrected chi connectivity index (χ3v) is 5.00. The van der Waals surface area contributed by atoms with Crippen molar-refractivity contribution in [2.24, 2.45) is 4.99 Å². The van der Waals surface area contributed by atoms with Crippen LogP contribution >= 0.6 is 23.4 Å². The summed E-state index contributed by atoms with van der Waals surface area (Å²) in [5, 5.41) is 4.70. The van der Waals surface area contributed by atoms with Crippen molar-refractivity contribution in [3.63, 3.8) is 0 Å². The van der Waals surface area contributed by atoms with Crippen LogP contribution in [0.2, 0.25) is 5.02 Å². The van der Waals surface area contributed by atoms with Crippen LogP contribution in [0.15, 0.2) is 53.5 Å². The van der Waals surface area contributed by atoms with Crippen molar-refractivity contribution < 1.29 is 22.8 Å². The highest BCUT2D eigenvalue weighted by atomic mass is 35.5. The van der Waals surface area contributed by atoms with E-state index in [0.717, 1.165) is 17.8 Å². The second kappa shape index (κ2) is 8.24. The lowest BCUT2D eigenvalue weighted by atomic mass is 10.2. The third-order valence-electron chi connectivity index (χ3n) is 3.69. The minimum absolute atomic E-state index is 0.0160. The maximum absolute atomic E-state index is 13.1. The molecule has 0 bridgehead atoms. The summed E-state index contributed by atoms with van der Waals surface area (Å²) in [5.41, 5.74) is -0.727. The summed E-state index contributed by atoms with van der Waals surface area (Å²) in [5.74, 6) is -0.915. The fourth-order valence-corrected chi connectivity index (χ4v) is 3.63. The van der Waals surface area contributed by atoms with E-state index in [1.54, 1.807) is 24.3 Å². The van der Waals surface area contributed by atoms with Crippen LogP contribution in [0, 0.1) is 0 Å². The molecule has 1 saturated heterocycles. The molecule has 2 N–H and O–H groups in total. The number of hydrogen-bond acceptors (Lipinski definition) is 4. The molecule has 0 spiro atoms. The number of nitrogens with zero attached hydrogens (tertiary/aromatic N) is 1. The molecule has 0 radical (unpaired) electrons. The zero-order valence-corrected chi connectivity index (χ0v) is 15.7. The molecule has 28 heavy (non-hydrogen) atoms. The SMILES string of the molecule is O=C(C[C@H]1SC(=Nc2ccccc2C(F)(F)F)NC1=O)Nc1cccc(Cl)c1. The third kappa shape index (κ3) is 5.05. The molecule has 2 aromatic rings. The molecule has 0 saturated carbocycles. The Morgan fingerprint density at radius 1 is 1.21 bits per heavy atom. The molecule has 1 aliphatic heterocycles. The van der Waals surface area contributed by atoms with Gasteiger partial charge in [0.05, 0.1) is 11.3 Å². The zero-order chi connectivity index (χ0) is 20.3. The number of para-hydroxylation sites is 1. The van der Waals surface area contributed by atoms with Gasteiger partial charge in [-0.1, -0.05) is 41.6 Å². The van der Waals surface area contributed by atoms with Crippen LogP contribution in [0.5, 0.6) is 0 Å². The average molecular weight is 428 g/mol. The lowest BCUT2D eigenvalue weighted by Crippen LogP contribution is -2.28. The van der Waals surface area contributed by atoms with Gasteiger partial charge in [-0.25, -0.2) is 4.99 Å². The first-order chi connectivity index (χ1) is 13.2. The van der Waals surface area contributed by atoms with Crippen molar-refractivity contribution in [3.8, 4) is 0 Å². The van der Waals surface area contributed by atoms with E-state index >= 15 is 0 Å². The molecule has 0 unspecified atom stereocenters. The number of aliphatic imine (C=N–C) groups is 1. The number of benzene rings is 2. The van der Waals surface area contributed by atoms with E-state index in [2.05, 4.69) is 15.6 Å². The highest BCUT2D eigenvalue weighted by Gasteiger charge is 2.35. The number of hydrogen-bond donors (Lipinski definition) is 2. The second-order valence-electron chi connectivity index (χ2n) is 5.79. The minimum atomic E-state index is -4.57. The van der Waals surface area contributed by atoms with Crippen LogP contribution in [-0.4, -0.2) is 22.2 Å². The maximum atomic E-state index is 13.1. The van der Waals surface area contributed by atoms with E-state index in [1.165, 1.54) is 18.2 Å². The molecular weight excluding hydrogens is 415 g/mol. The number of amidine groups is 1. The zero-order valence-electron chi connectivity index (χ0n) is 14.1. The summed E-state index contributed by atoms with van der Waals surface area (Å²) in [6.07, 6.45) is -4.73. The summed E-state index contributed by atoms with van der Waals surface area (Å²) in [4.78, 5) is 28.1. The molecule has 1 fully saturated rings. The number of alkyl halides is 3. The summed E-state index contributed by atoms with van der Waals surface area (Å²) in [7, 11) is 0. The van der Waals surface area contributed by atoms with Crippen molar-refractivity contribution in [3.05, 3.63) is 59.1 Å². The van der Waals surface area contributed by atoms with Gasteiger partial charge in [0.25, 0.3) is 0 Å². The number of carbonyl (C=O) groups excluding carboxylic acids is 2. The van der Waals surface area contributed by atoms with Crippen molar-refractivity contribution in [2.45, 2.75) is 17.8 Å². The standard InChI is InChI=1S/C18H13ClF3N3O2S/c19-10-4-3-5-11(8-10)23-15(26)9-14-16(27)25-17(28-14)24-13-7-2-1-6-12(13)18(20,21)22/h1-8,14H,9H2,(H,23,26)(H,24,25,27)/t14-/m1/s1. The van der Waals surface area contributed by atoms with Crippen molar-refractivity contribution >= 4 is 51.7 Å². The number of rotatable bonds is 4. The lowest BCUT2D eigenvalue weighted by Gasteiger charge is -2.09. The number of amides is 2. The molecule has 0 aliphatic carbocycles. The molecule has 146 valence electrons. The smallest absolute Gasteiger partial charge is 0.326 e. The highest BCUT2D eigenvalue weighted by molar-refractivity contribution is 8.15. The van der Waals surface area contributed by atoms with Gasteiger partial charge in [0.15, 0.2) is 5.17 Å². The fraction of sp³-hybridized carbons (Fsp3) is 0.167. The summed E-state index contributed by atoms with van der Waals surface area (Å²) in [6, 6.07) is 11.3. The van der Waals surface area contributed by atoms with E-state index in [-0.39, 0.29) is 17.3 Å². The van der Waals surface area contributed by atoms with Crippen LogP contribution in [-0.2, 0) is 15.8 Å². The molecular formula is C18H13ClF3N3O2S. The molecule has 3 rings (SSSR count). The monoisotopic (exact) mass is 427 g/mol. The van der Waals surface area contributed by atoms with Crippen LogP contribution < -0.4 is 10.6 Å². The molecule has 1 heterocycles.